The second kappa shape index (κ2) is 4.19. The Morgan fingerprint density at radius 1 is 1.20 bits per heavy atom. The summed E-state index contributed by atoms with van der Waals surface area (Å²) < 4.78 is 51.1. The summed E-state index contributed by atoms with van der Waals surface area (Å²) in [7, 11) is -4.61. The third-order valence-corrected chi connectivity index (χ3v) is 4.11. The van der Waals surface area contributed by atoms with Crippen LogP contribution in [0.2, 0.25) is 5.02 Å². The van der Waals surface area contributed by atoms with Crippen molar-refractivity contribution >= 4 is 33.1 Å². The van der Waals surface area contributed by atoms with Crippen LogP contribution >= 0.6 is 23.4 Å². The molecular formula is C7H4Cl2F3NOS. The van der Waals surface area contributed by atoms with Gasteiger partial charge >= 0.3 is 5.51 Å². The summed E-state index contributed by atoms with van der Waals surface area (Å²) in [6.45, 7) is 0. The average molecular weight is 278 g/mol. The van der Waals surface area contributed by atoms with E-state index in [4.69, 9.17) is 23.4 Å². The molecule has 0 amide bonds. The number of hydrogen-bond donors (Lipinski definition) is 0. The fraction of sp³-hybridized carbons (Fsp3) is 0.143. The first-order valence-corrected chi connectivity index (χ1v) is 5.73. The van der Waals surface area contributed by atoms with E-state index >= 15 is 0 Å². The van der Waals surface area contributed by atoms with Gasteiger partial charge in [-0.3, -0.25) is 0 Å². The van der Waals surface area contributed by atoms with E-state index in [-0.39, 0.29) is 5.02 Å². The van der Waals surface area contributed by atoms with Crippen molar-refractivity contribution in [1.29, 1.82) is 0 Å². The fourth-order valence-electron chi connectivity index (χ4n) is 0.832. The van der Waals surface area contributed by atoms with E-state index < -0.39 is 20.1 Å². The number of halogens is 5. The van der Waals surface area contributed by atoms with Crippen LogP contribution in [-0.2, 0) is 9.73 Å². The molecule has 84 valence electrons. The molecule has 0 N–H and O–H groups in total. The molecule has 8 heteroatoms. The van der Waals surface area contributed by atoms with E-state index in [1.165, 1.54) is 12.1 Å². The third-order valence-electron chi connectivity index (χ3n) is 1.54. The maximum Gasteiger partial charge on any atom is 0.484 e. The molecule has 0 spiro atoms. The van der Waals surface area contributed by atoms with Crippen molar-refractivity contribution in [2.75, 3.05) is 0 Å². The van der Waals surface area contributed by atoms with Gasteiger partial charge in [0.05, 0.1) is 4.90 Å². The Hall–Kier alpha value is -0.460. The first-order chi connectivity index (χ1) is 6.81. The first-order valence-electron chi connectivity index (χ1n) is 3.50. The molecule has 2 nitrogen and oxygen atoms in total. The molecular weight excluding hydrogens is 274 g/mol. The highest BCUT2D eigenvalue weighted by Crippen LogP contribution is 2.33. The van der Waals surface area contributed by atoms with E-state index in [1.54, 1.807) is 0 Å². The van der Waals surface area contributed by atoms with Gasteiger partial charge in [-0.05, 0) is 24.3 Å². The molecule has 0 aromatic heterocycles. The van der Waals surface area contributed by atoms with Gasteiger partial charge in [-0.2, -0.15) is 13.2 Å². The highest BCUT2D eigenvalue weighted by Gasteiger charge is 2.44. The number of nitrogens with zero attached hydrogens (tertiary/aromatic N) is 1. The Kier molecular flexibility index (Phi) is 3.52. The van der Waals surface area contributed by atoms with Crippen molar-refractivity contribution in [3.05, 3.63) is 29.3 Å². The second-order valence-electron chi connectivity index (χ2n) is 2.49. The van der Waals surface area contributed by atoms with Crippen molar-refractivity contribution in [2.45, 2.75) is 10.4 Å². The minimum atomic E-state index is -5.01. The van der Waals surface area contributed by atoms with Gasteiger partial charge in [0.25, 0.3) is 0 Å². The number of rotatable bonds is 1. The normalized spacial score (nSPS) is 15.8. The van der Waals surface area contributed by atoms with Crippen LogP contribution in [0.4, 0.5) is 13.2 Å². The van der Waals surface area contributed by atoms with Crippen LogP contribution in [0, 0.1) is 0 Å². The molecule has 1 unspecified atom stereocenters. The standard InChI is InChI=1S/C7H4Cl2F3NOS/c8-5-1-3-6(4-2-5)15(14,13-9)7(10,11)12/h1-4H. The van der Waals surface area contributed by atoms with Gasteiger partial charge in [-0.1, -0.05) is 11.6 Å². The predicted octanol–water partition coefficient (Wildman–Crippen LogP) is 3.84. The van der Waals surface area contributed by atoms with Gasteiger partial charge in [-0.25, -0.2) is 4.21 Å². The van der Waals surface area contributed by atoms with Gasteiger partial charge in [0.2, 0.25) is 0 Å². The van der Waals surface area contributed by atoms with E-state index in [0.29, 0.717) is 0 Å². The fourth-order valence-corrected chi connectivity index (χ4v) is 2.36. The number of hydrogen-bond acceptors (Lipinski definition) is 2. The number of benzene rings is 1. The monoisotopic (exact) mass is 277 g/mol. The van der Waals surface area contributed by atoms with Crippen LogP contribution in [0.25, 0.3) is 0 Å². The molecule has 0 aliphatic carbocycles. The van der Waals surface area contributed by atoms with Crippen molar-refractivity contribution in [3.63, 3.8) is 0 Å². The van der Waals surface area contributed by atoms with Crippen molar-refractivity contribution < 1.29 is 17.4 Å². The van der Waals surface area contributed by atoms with E-state index in [9.17, 15) is 17.4 Å². The average Bonchev–Trinajstić information content (AvgIpc) is 2.16. The van der Waals surface area contributed by atoms with Gasteiger partial charge in [-0.15, -0.1) is 3.88 Å². The Bertz CT molecular complexity index is 462. The smallest absolute Gasteiger partial charge is 0.234 e. The lowest BCUT2D eigenvalue weighted by Gasteiger charge is -2.11. The van der Waals surface area contributed by atoms with E-state index in [0.717, 1.165) is 12.1 Å². The molecule has 1 rings (SSSR count). The Morgan fingerprint density at radius 2 is 1.67 bits per heavy atom. The molecule has 0 saturated heterocycles. The molecule has 0 aliphatic rings. The van der Waals surface area contributed by atoms with Crippen molar-refractivity contribution in [3.8, 4) is 0 Å². The molecule has 0 bridgehead atoms. The van der Waals surface area contributed by atoms with Crippen molar-refractivity contribution in [1.82, 2.24) is 0 Å². The topological polar surface area (TPSA) is 29.4 Å². The Balaban J connectivity index is 3.39. The van der Waals surface area contributed by atoms with Crippen LogP contribution in [0.15, 0.2) is 33.0 Å². The van der Waals surface area contributed by atoms with Crippen LogP contribution in [-0.4, -0.2) is 9.72 Å². The molecule has 1 aromatic rings. The molecule has 0 aliphatic heterocycles. The summed E-state index contributed by atoms with van der Waals surface area (Å²) in [5.41, 5.74) is -5.01. The molecule has 1 aromatic carbocycles. The maximum absolute atomic E-state index is 12.4. The number of alkyl halides is 3. The lowest BCUT2D eigenvalue weighted by molar-refractivity contribution is -0.0401. The quantitative estimate of drug-likeness (QED) is 0.767. The van der Waals surface area contributed by atoms with Crippen LogP contribution in [0.1, 0.15) is 0 Å². The molecule has 0 fully saturated rings. The lowest BCUT2D eigenvalue weighted by atomic mass is 10.4. The SMILES string of the molecule is O=S(=NCl)(c1ccc(Cl)cc1)C(F)(F)F. The predicted molar refractivity (Wildman–Crippen MR) is 52.2 cm³/mol. The highest BCUT2D eigenvalue weighted by molar-refractivity contribution is 7.95. The largest absolute Gasteiger partial charge is 0.484 e. The summed E-state index contributed by atoms with van der Waals surface area (Å²) in [5, 5.41) is 0.234. The zero-order valence-corrected chi connectivity index (χ0v) is 9.29. The van der Waals surface area contributed by atoms with Crippen molar-refractivity contribution in [2.24, 2.45) is 3.88 Å². The minimum absolute atomic E-state index is 0.234. The van der Waals surface area contributed by atoms with Gasteiger partial charge in [0.1, 0.15) is 0 Å². The lowest BCUT2D eigenvalue weighted by Crippen LogP contribution is -2.22. The first kappa shape index (κ1) is 12.6. The second-order valence-corrected chi connectivity index (χ2v) is 5.47. The third kappa shape index (κ3) is 2.38. The molecule has 0 saturated carbocycles. The molecule has 1 atom stereocenters. The Morgan fingerprint density at radius 3 is 2.00 bits per heavy atom. The minimum Gasteiger partial charge on any atom is -0.234 e. The molecule has 15 heavy (non-hydrogen) atoms. The molecule has 0 heterocycles. The van der Waals surface area contributed by atoms with Gasteiger partial charge in [0, 0.05) is 16.8 Å². The zero-order valence-electron chi connectivity index (χ0n) is 6.96. The van der Waals surface area contributed by atoms with E-state index in [1.807, 2.05) is 0 Å². The highest BCUT2D eigenvalue weighted by atomic mass is 35.5. The van der Waals surface area contributed by atoms with Crippen LogP contribution < -0.4 is 0 Å². The summed E-state index contributed by atoms with van der Waals surface area (Å²) >= 11 is 10.2. The summed E-state index contributed by atoms with van der Waals surface area (Å²) in [6, 6.07) is 4.32. The summed E-state index contributed by atoms with van der Waals surface area (Å²) in [6.07, 6.45) is 0. The van der Waals surface area contributed by atoms with E-state index in [2.05, 4.69) is 3.88 Å². The zero-order chi connectivity index (χ0) is 11.7. The maximum atomic E-state index is 12.4. The van der Waals surface area contributed by atoms with Crippen LogP contribution in [0.5, 0.6) is 0 Å². The summed E-state index contributed by atoms with van der Waals surface area (Å²) in [4.78, 5) is -0.519. The Labute approximate surface area is 94.3 Å². The van der Waals surface area contributed by atoms with Gasteiger partial charge < -0.3 is 0 Å². The molecule has 0 radical (unpaired) electrons. The summed E-state index contributed by atoms with van der Waals surface area (Å²) in [5.74, 6) is 0. The van der Waals surface area contributed by atoms with Gasteiger partial charge in [0.15, 0.2) is 9.73 Å². The van der Waals surface area contributed by atoms with Crippen LogP contribution in [0.3, 0.4) is 0 Å².